The van der Waals surface area contributed by atoms with Crippen LogP contribution in [0.25, 0.3) is 11.3 Å². The van der Waals surface area contributed by atoms with Gasteiger partial charge in [-0.2, -0.15) is 5.10 Å². The van der Waals surface area contributed by atoms with Gasteiger partial charge in [0.1, 0.15) is 17.6 Å². The van der Waals surface area contributed by atoms with Crippen molar-refractivity contribution in [3.8, 4) is 17.0 Å². The van der Waals surface area contributed by atoms with Crippen LogP contribution in [0, 0.1) is 11.7 Å². The van der Waals surface area contributed by atoms with E-state index in [1.54, 1.807) is 49.4 Å². The van der Waals surface area contributed by atoms with Crippen molar-refractivity contribution in [2.75, 3.05) is 20.7 Å². The number of amides is 2. The number of hydrogen-bond acceptors (Lipinski definition) is 4. The molecule has 180 valence electrons. The van der Waals surface area contributed by atoms with Gasteiger partial charge in [-0.1, -0.05) is 26.0 Å². The largest absolute Gasteiger partial charge is 0.497 e. The highest BCUT2D eigenvalue weighted by atomic mass is 19.1. The molecule has 0 radical (unpaired) electrons. The van der Waals surface area contributed by atoms with E-state index in [2.05, 4.69) is 15.5 Å². The zero-order chi connectivity index (χ0) is 24.7. The zero-order valence-corrected chi connectivity index (χ0v) is 20.0. The third kappa shape index (κ3) is 6.43. The standard InChI is InChI=1S/C26H31FN4O3/c1-17(2)24(28-25(32)18-10-12-22(34-4)13-11-18)26(33)31(3)14-6-9-21-16-23(30-29-21)19-7-5-8-20(27)15-19/h5,7-8,10-13,15-17,24H,6,9,14H2,1-4H3,(H,28,32)(H,29,30). The summed E-state index contributed by atoms with van der Waals surface area (Å²) in [7, 11) is 3.30. The minimum atomic E-state index is -0.633. The molecule has 1 atom stereocenters. The smallest absolute Gasteiger partial charge is 0.251 e. The Bertz CT molecular complexity index is 1110. The lowest BCUT2D eigenvalue weighted by molar-refractivity contribution is -0.133. The summed E-state index contributed by atoms with van der Waals surface area (Å²) < 4.78 is 18.6. The Morgan fingerprint density at radius 2 is 1.88 bits per heavy atom. The SMILES string of the molecule is COc1ccc(C(=O)NC(C(=O)N(C)CCCc2cc(-c3cccc(F)c3)n[nH]2)C(C)C)cc1. The molecule has 7 nitrogen and oxygen atoms in total. The first-order chi connectivity index (χ1) is 16.3. The second-order valence-corrected chi connectivity index (χ2v) is 8.58. The maximum atomic E-state index is 13.4. The molecule has 8 heteroatoms. The minimum Gasteiger partial charge on any atom is -0.497 e. The molecular formula is C26H31FN4O3. The van der Waals surface area contributed by atoms with Crippen LogP contribution in [0.5, 0.6) is 5.75 Å². The van der Waals surface area contributed by atoms with E-state index in [4.69, 9.17) is 4.74 Å². The van der Waals surface area contributed by atoms with Gasteiger partial charge in [-0.15, -0.1) is 0 Å². The molecule has 3 aromatic rings. The number of ether oxygens (including phenoxy) is 1. The molecule has 0 fully saturated rings. The number of carbonyl (C=O) groups excluding carboxylic acids is 2. The predicted molar refractivity (Wildman–Crippen MR) is 129 cm³/mol. The van der Waals surface area contributed by atoms with Crippen molar-refractivity contribution in [1.82, 2.24) is 20.4 Å². The van der Waals surface area contributed by atoms with Crippen LogP contribution >= 0.6 is 0 Å². The normalized spacial score (nSPS) is 11.8. The van der Waals surface area contributed by atoms with Gasteiger partial charge < -0.3 is 15.0 Å². The number of aromatic amines is 1. The summed E-state index contributed by atoms with van der Waals surface area (Å²) in [6.07, 6.45) is 1.40. The molecular weight excluding hydrogens is 435 g/mol. The molecule has 34 heavy (non-hydrogen) atoms. The van der Waals surface area contributed by atoms with Crippen molar-refractivity contribution in [2.45, 2.75) is 32.7 Å². The van der Waals surface area contributed by atoms with Gasteiger partial charge in [-0.25, -0.2) is 4.39 Å². The first-order valence-corrected chi connectivity index (χ1v) is 11.3. The molecule has 1 aromatic heterocycles. The molecule has 0 saturated heterocycles. The minimum absolute atomic E-state index is 0.0708. The number of aryl methyl sites for hydroxylation is 1. The van der Waals surface area contributed by atoms with E-state index in [0.717, 1.165) is 5.69 Å². The lowest BCUT2D eigenvalue weighted by Gasteiger charge is -2.27. The highest BCUT2D eigenvalue weighted by Crippen LogP contribution is 2.19. The third-order valence-electron chi connectivity index (χ3n) is 5.64. The summed E-state index contributed by atoms with van der Waals surface area (Å²) in [4.78, 5) is 27.4. The van der Waals surface area contributed by atoms with Crippen LogP contribution in [0.1, 0.15) is 36.3 Å². The maximum absolute atomic E-state index is 13.4. The van der Waals surface area contributed by atoms with E-state index in [0.29, 0.717) is 42.0 Å². The molecule has 2 amide bonds. The number of nitrogens with zero attached hydrogens (tertiary/aromatic N) is 2. The van der Waals surface area contributed by atoms with Crippen LogP contribution in [-0.2, 0) is 11.2 Å². The Morgan fingerprint density at radius 3 is 2.53 bits per heavy atom. The van der Waals surface area contributed by atoms with Gasteiger partial charge in [0.05, 0.1) is 12.8 Å². The van der Waals surface area contributed by atoms with Crippen LogP contribution in [0.3, 0.4) is 0 Å². The van der Waals surface area contributed by atoms with Crippen molar-refractivity contribution in [3.05, 3.63) is 71.7 Å². The fourth-order valence-corrected chi connectivity index (χ4v) is 3.62. The van der Waals surface area contributed by atoms with Gasteiger partial charge in [0.25, 0.3) is 5.91 Å². The molecule has 0 aliphatic carbocycles. The van der Waals surface area contributed by atoms with Gasteiger partial charge in [0, 0.05) is 30.4 Å². The number of carbonyl (C=O) groups is 2. The highest BCUT2D eigenvalue weighted by molar-refractivity contribution is 5.97. The van der Waals surface area contributed by atoms with Gasteiger partial charge in [-0.05, 0) is 61.2 Å². The number of likely N-dealkylation sites (N-methyl/N-ethyl adjacent to an activating group) is 1. The Kier molecular flexibility index (Phi) is 8.40. The number of methoxy groups -OCH3 is 1. The average molecular weight is 467 g/mol. The van der Waals surface area contributed by atoms with Crippen molar-refractivity contribution >= 4 is 11.8 Å². The van der Waals surface area contributed by atoms with E-state index < -0.39 is 6.04 Å². The van der Waals surface area contributed by atoms with Gasteiger partial charge >= 0.3 is 0 Å². The monoisotopic (exact) mass is 466 g/mol. The van der Waals surface area contributed by atoms with Crippen molar-refractivity contribution in [1.29, 1.82) is 0 Å². The number of aromatic nitrogens is 2. The predicted octanol–water partition coefficient (Wildman–Crippen LogP) is 4.07. The summed E-state index contributed by atoms with van der Waals surface area (Å²) in [5, 5.41) is 10.1. The summed E-state index contributed by atoms with van der Waals surface area (Å²) in [6.45, 7) is 4.33. The Morgan fingerprint density at radius 1 is 1.15 bits per heavy atom. The number of hydrogen-bond donors (Lipinski definition) is 2. The van der Waals surface area contributed by atoms with Crippen LogP contribution in [-0.4, -0.2) is 53.7 Å². The van der Waals surface area contributed by atoms with Crippen LogP contribution in [0.2, 0.25) is 0 Å². The van der Waals surface area contributed by atoms with Crippen LogP contribution in [0.4, 0.5) is 4.39 Å². The van der Waals surface area contributed by atoms with Gasteiger partial charge in [-0.3, -0.25) is 14.7 Å². The average Bonchev–Trinajstić information content (AvgIpc) is 3.30. The number of rotatable bonds is 10. The Balaban J connectivity index is 1.54. The number of halogens is 1. The number of benzene rings is 2. The van der Waals surface area contributed by atoms with E-state index in [-0.39, 0.29) is 23.5 Å². The topological polar surface area (TPSA) is 87.3 Å². The molecule has 1 heterocycles. The molecule has 2 aromatic carbocycles. The molecule has 2 N–H and O–H groups in total. The van der Waals surface area contributed by atoms with E-state index in [9.17, 15) is 14.0 Å². The zero-order valence-electron chi connectivity index (χ0n) is 20.0. The fourth-order valence-electron chi connectivity index (χ4n) is 3.62. The first kappa shape index (κ1) is 25.0. The lowest BCUT2D eigenvalue weighted by Crippen LogP contribution is -2.50. The molecule has 0 aliphatic rings. The molecule has 3 rings (SSSR count). The summed E-state index contributed by atoms with van der Waals surface area (Å²) in [5.74, 6) is -0.153. The Labute approximate surface area is 199 Å². The molecule has 0 saturated carbocycles. The van der Waals surface area contributed by atoms with Gasteiger partial charge in [0.2, 0.25) is 5.91 Å². The van der Waals surface area contributed by atoms with E-state index in [1.165, 1.54) is 12.1 Å². The summed E-state index contributed by atoms with van der Waals surface area (Å²) in [6, 6.07) is 14.3. The van der Waals surface area contributed by atoms with Crippen LogP contribution < -0.4 is 10.1 Å². The number of H-pyrrole nitrogens is 1. The molecule has 0 aliphatic heterocycles. The summed E-state index contributed by atoms with van der Waals surface area (Å²) >= 11 is 0. The van der Waals surface area contributed by atoms with E-state index in [1.807, 2.05) is 26.0 Å². The first-order valence-electron chi connectivity index (χ1n) is 11.3. The highest BCUT2D eigenvalue weighted by Gasteiger charge is 2.27. The van der Waals surface area contributed by atoms with Gasteiger partial charge in [0.15, 0.2) is 0 Å². The second-order valence-electron chi connectivity index (χ2n) is 8.58. The molecule has 0 bridgehead atoms. The molecule has 0 spiro atoms. The van der Waals surface area contributed by atoms with Crippen LogP contribution in [0.15, 0.2) is 54.6 Å². The quantitative estimate of drug-likeness (QED) is 0.472. The second kappa shape index (κ2) is 11.4. The lowest BCUT2D eigenvalue weighted by atomic mass is 10.0. The van der Waals surface area contributed by atoms with E-state index >= 15 is 0 Å². The third-order valence-corrected chi connectivity index (χ3v) is 5.64. The fraction of sp³-hybridized carbons (Fsp3) is 0.346. The summed E-state index contributed by atoms with van der Waals surface area (Å²) in [5.41, 5.74) is 2.77. The number of nitrogens with one attached hydrogen (secondary N) is 2. The van der Waals surface area contributed by atoms with Crippen molar-refractivity contribution in [2.24, 2.45) is 5.92 Å². The maximum Gasteiger partial charge on any atom is 0.251 e. The Hall–Kier alpha value is -3.68. The van der Waals surface area contributed by atoms with Crippen molar-refractivity contribution in [3.63, 3.8) is 0 Å². The van der Waals surface area contributed by atoms with Crippen molar-refractivity contribution < 1.29 is 18.7 Å². The molecule has 1 unspecified atom stereocenters.